The molecule has 8 aliphatic rings. The Morgan fingerprint density at radius 1 is 0.471 bits per heavy atom. The topological polar surface area (TPSA) is 543 Å². The van der Waals surface area contributed by atoms with Crippen molar-refractivity contribution in [3.63, 3.8) is 0 Å². The molecule has 16 N–H and O–H groups in total. The van der Waals surface area contributed by atoms with Crippen LogP contribution < -0.4 is 10.6 Å². The lowest BCUT2D eigenvalue weighted by atomic mass is 9.44. The summed E-state index contributed by atoms with van der Waals surface area (Å²) in [5.74, 6) is -10.7. The van der Waals surface area contributed by atoms with E-state index in [0.29, 0.717) is 11.1 Å². The quantitative estimate of drug-likeness (QED) is 0.0430. The number of nitrogens with one attached hydrogen (secondary N) is 2. The molecule has 4 aromatic carbocycles. The standard InChI is InChI=1S/2C43H53NO14.3H2O/c2*1-22-26(55-37(51)32(48)30(24-15-11-9-12-16-24)44-38(52)58-39(3,4)5)20-43(53)35(56-36(50)25-17-13-10-14-18-25)33-41(8,34(49)31(47)29(22)40(43,6)7)27(46)19-28-42(33,21-54-28)57-23(2)45;;;/h2*9-18,26-28,30-33,35,46-48,53H,19-21H2,1-8H3,(H,44,52);3*1H2/t2*26-,27-,28+,30-,31+,32?,33-,35-,41+,42-,43+;;;/m00.../s1. The third-order valence-corrected chi connectivity index (χ3v) is 25.1. The molecule has 652 valence electrons. The number of carbonyl (C=O) groups excluding carboxylic acids is 10. The van der Waals surface area contributed by atoms with Gasteiger partial charge in [-0.25, -0.2) is 28.8 Å². The smallest absolute Gasteiger partial charge is 0.408 e. The van der Waals surface area contributed by atoms with Gasteiger partial charge in [-0.15, -0.1) is 0 Å². The second-order valence-electron chi connectivity index (χ2n) is 35.1. The molecule has 4 saturated carbocycles. The first-order valence-corrected chi connectivity index (χ1v) is 38.7. The number of aliphatic hydroxyl groups excluding tert-OH is 6. The van der Waals surface area contributed by atoms with Crippen LogP contribution in [0.1, 0.15) is 180 Å². The van der Waals surface area contributed by atoms with Gasteiger partial charge in [0, 0.05) is 50.4 Å². The molecule has 2 aliphatic heterocycles. The van der Waals surface area contributed by atoms with Crippen molar-refractivity contribution in [2.24, 2.45) is 33.5 Å². The van der Waals surface area contributed by atoms with Crippen LogP contribution in [0.15, 0.2) is 144 Å². The maximum atomic E-state index is 14.9. The number of rotatable bonds is 16. The lowest BCUT2D eigenvalue weighted by Crippen LogP contribution is -2.81. The molecular weight excluding hydrogens is 1560 g/mol. The van der Waals surface area contributed by atoms with E-state index in [4.69, 9.17) is 47.4 Å². The lowest BCUT2D eigenvalue weighted by Gasteiger charge is -2.67. The van der Waals surface area contributed by atoms with Gasteiger partial charge in [0.15, 0.2) is 35.0 Å². The molecular formula is C86H112N2O31. The predicted molar refractivity (Wildman–Crippen MR) is 418 cm³/mol. The molecule has 4 bridgehead atoms. The second-order valence-corrected chi connectivity index (χ2v) is 35.1. The normalized spacial score (nSPS) is 32.8. The van der Waals surface area contributed by atoms with Gasteiger partial charge in [-0.05, 0) is 127 Å². The third-order valence-electron chi connectivity index (χ3n) is 25.1. The number of ketones is 2. The monoisotopic (exact) mass is 1670 g/mol. The van der Waals surface area contributed by atoms with Gasteiger partial charge in [0.05, 0.1) is 71.3 Å². The molecule has 2 amide bonds. The van der Waals surface area contributed by atoms with Crippen molar-refractivity contribution in [3.8, 4) is 0 Å². The fraction of sp³-hybridized carbons (Fsp3) is 0.558. The Kier molecular flexibility index (Phi) is 27.6. The molecule has 119 heavy (non-hydrogen) atoms. The molecule has 12 rings (SSSR count). The molecule has 0 radical (unpaired) electrons. The predicted octanol–water partition coefficient (Wildman–Crippen LogP) is 4.05. The van der Waals surface area contributed by atoms with E-state index in [-0.39, 0.29) is 75.9 Å². The van der Waals surface area contributed by atoms with E-state index in [1.807, 2.05) is 0 Å². The maximum absolute atomic E-state index is 14.9. The highest BCUT2D eigenvalue weighted by atomic mass is 16.7. The van der Waals surface area contributed by atoms with E-state index in [0.717, 1.165) is 13.8 Å². The molecule has 4 aromatic rings. The van der Waals surface area contributed by atoms with Crippen LogP contribution in [-0.4, -0.2) is 237 Å². The Morgan fingerprint density at radius 3 is 1.03 bits per heavy atom. The average molecular weight is 1670 g/mol. The summed E-state index contributed by atoms with van der Waals surface area (Å²) in [7, 11) is 0. The number of esters is 6. The van der Waals surface area contributed by atoms with Gasteiger partial charge >= 0.3 is 48.0 Å². The maximum Gasteiger partial charge on any atom is 0.408 e. The lowest BCUT2D eigenvalue weighted by molar-refractivity contribution is -0.346. The minimum absolute atomic E-state index is 0. The summed E-state index contributed by atoms with van der Waals surface area (Å²) >= 11 is 0. The van der Waals surface area contributed by atoms with Gasteiger partial charge in [-0.1, -0.05) is 125 Å². The molecule has 33 nitrogen and oxygen atoms in total. The number of carbonyl (C=O) groups is 10. The van der Waals surface area contributed by atoms with Gasteiger partial charge in [0.25, 0.3) is 0 Å². The summed E-state index contributed by atoms with van der Waals surface area (Å²) in [5.41, 5.74) is -16.3. The number of ether oxygens (including phenoxy) is 10. The summed E-state index contributed by atoms with van der Waals surface area (Å²) in [4.78, 5) is 138. The number of alkyl carbamates (subject to hydrolysis) is 2. The van der Waals surface area contributed by atoms with Crippen molar-refractivity contribution >= 4 is 59.6 Å². The Labute approximate surface area is 687 Å². The Hall–Kier alpha value is -9.46. The summed E-state index contributed by atoms with van der Waals surface area (Å²) < 4.78 is 59.0. The molecule has 0 aromatic heterocycles. The molecule has 6 aliphatic carbocycles. The number of amides is 2. The minimum atomic E-state index is -2.35. The second kappa shape index (κ2) is 34.6. The first kappa shape index (κ1) is 95.0. The van der Waals surface area contributed by atoms with Crippen molar-refractivity contribution in [3.05, 3.63) is 166 Å². The fourth-order valence-corrected chi connectivity index (χ4v) is 19.1. The van der Waals surface area contributed by atoms with E-state index in [1.54, 1.807) is 166 Å². The molecule has 2 heterocycles. The van der Waals surface area contributed by atoms with Gasteiger partial charge in [-0.2, -0.15) is 0 Å². The van der Waals surface area contributed by atoms with Crippen LogP contribution in [0, 0.1) is 33.5 Å². The number of fused-ring (bicyclic) bond motifs is 10. The van der Waals surface area contributed by atoms with Gasteiger partial charge in [-0.3, -0.25) is 19.2 Å². The van der Waals surface area contributed by atoms with Crippen LogP contribution in [0.3, 0.4) is 0 Å². The average Bonchev–Trinajstić information content (AvgIpc) is 0.673. The first-order valence-electron chi connectivity index (χ1n) is 38.7. The van der Waals surface area contributed by atoms with E-state index in [1.165, 1.54) is 52.0 Å². The molecule has 2 saturated heterocycles. The zero-order valence-corrected chi connectivity index (χ0v) is 69.3. The zero-order chi connectivity index (χ0) is 85.5. The van der Waals surface area contributed by atoms with Crippen molar-refractivity contribution in [2.75, 3.05) is 13.2 Å². The molecule has 22 atom stereocenters. The highest BCUT2D eigenvalue weighted by Crippen LogP contribution is 2.67. The SMILES string of the molecule is CC(=O)O[C@@]12CO[C@@H]1C[C@H](O)[C@@]1(C)C(=O)[C@H](O)C3=C(C)[C@@H](OC(=O)C(O)[C@@H](NC(=O)OC(C)(C)C)c4ccccc4)C[C@@](O)([C@@H](OC(=O)c4ccccc4)[C@H]21)C3(C)C.CC(=O)O[C@@]12CO[C@@H]1C[C@H](O)[C@@]1(C)C(=O)[C@H](O)C3=C(C)[C@@H](OC(=O)C(O)[C@@H](NC(=O)OC(C)(C)C)c4ccccc4)C[C@@](O)([C@@H](OC(=O)c4ccccc4)[C@H]21)C3(C)C.O.O.O. The van der Waals surface area contributed by atoms with Crippen molar-refractivity contribution < 1.29 is 153 Å². The van der Waals surface area contributed by atoms with E-state index >= 15 is 0 Å². The summed E-state index contributed by atoms with van der Waals surface area (Å²) in [6.07, 6.45) is -23.0. The Morgan fingerprint density at radius 2 is 0.765 bits per heavy atom. The molecule has 2 unspecified atom stereocenters. The van der Waals surface area contributed by atoms with Gasteiger partial charge < -0.3 is 115 Å². The molecule has 6 fully saturated rings. The van der Waals surface area contributed by atoms with Gasteiger partial charge in [0.2, 0.25) is 0 Å². The van der Waals surface area contributed by atoms with Crippen LogP contribution in [-0.2, 0) is 76.1 Å². The van der Waals surface area contributed by atoms with Crippen LogP contribution in [0.25, 0.3) is 0 Å². The number of hydrogen-bond acceptors (Lipinski definition) is 28. The summed E-state index contributed by atoms with van der Waals surface area (Å²) in [5, 5.41) is 103. The Bertz CT molecular complexity index is 4240. The van der Waals surface area contributed by atoms with Crippen LogP contribution in [0.5, 0.6) is 0 Å². The highest BCUT2D eigenvalue weighted by molar-refractivity contribution is 5.96. The zero-order valence-electron chi connectivity index (χ0n) is 69.3. The first-order chi connectivity index (χ1) is 54.0. The van der Waals surface area contributed by atoms with Crippen molar-refractivity contribution in [1.29, 1.82) is 0 Å². The fourth-order valence-electron chi connectivity index (χ4n) is 19.1. The van der Waals surface area contributed by atoms with Crippen LogP contribution >= 0.6 is 0 Å². The number of aliphatic hydroxyl groups is 8. The van der Waals surface area contributed by atoms with E-state index in [9.17, 15) is 88.8 Å². The molecule has 33 heteroatoms. The largest absolute Gasteiger partial charge is 0.456 e. The third kappa shape index (κ3) is 16.8. The number of Topliss-reactive ketones (excluding diaryl/α,β-unsaturated/α-hetero) is 2. The van der Waals surface area contributed by atoms with E-state index in [2.05, 4.69) is 10.6 Å². The van der Waals surface area contributed by atoms with E-state index < -0.39 is 225 Å². The van der Waals surface area contributed by atoms with Crippen molar-refractivity contribution in [2.45, 2.75) is 255 Å². The van der Waals surface area contributed by atoms with Crippen LogP contribution in [0.2, 0.25) is 0 Å². The van der Waals surface area contributed by atoms with Crippen molar-refractivity contribution in [1.82, 2.24) is 10.6 Å². The van der Waals surface area contributed by atoms with Gasteiger partial charge in [0.1, 0.15) is 71.2 Å². The van der Waals surface area contributed by atoms with Crippen LogP contribution in [0.4, 0.5) is 9.59 Å². The minimum Gasteiger partial charge on any atom is -0.456 e. The highest BCUT2D eigenvalue weighted by Gasteiger charge is 2.80. The molecule has 0 spiro atoms. The Balaban J connectivity index is 0.000000289. The summed E-state index contributed by atoms with van der Waals surface area (Å²) in [6, 6.07) is 29.3. The number of benzene rings is 4. The number of hydrogen-bond donors (Lipinski definition) is 10. The summed E-state index contributed by atoms with van der Waals surface area (Å²) in [6.45, 7) is 23.6.